The zero-order valence-corrected chi connectivity index (χ0v) is 29.7. The Labute approximate surface area is 292 Å². The van der Waals surface area contributed by atoms with Gasteiger partial charge >= 0.3 is 5.97 Å². The van der Waals surface area contributed by atoms with Crippen LogP contribution >= 0.6 is 11.6 Å². The molecule has 0 saturated heterocycles. The van der Waals surface area contributed by atoms with Crippen LogP contribution in [0.25, 0.3) is 0 Å². The Morgan fingerprint density at radius 2 is 1.67 bits per heavy atom. The van der Waals surface area contributed by atoms with Gasteiger partial charge in [-0.3, -0.25) is 14.4 Å². The predicted octanol–water partition coefficient (Wildman–Crippen LogP) is 6.38. The minimum absolute atomic E-state index is 0.0156. The van der Waals surface area contributed by atoms with Gasteiger partial charge in [-0.1, -0.05) is 57.5 Å². The number of rotatable bonds is 14. The third-order valence-corrected chi connectivity index (χ3v) is 8.96. The second-order valence-electron chi connectivity index (χ2n) is 13.5. The second-order valence-corrected chi connectivity index (χ2v) is 13.9. The highest BCUT2D eigenvalue weighted by molar-refractivity contribution is 6.30. The number of nitrogens with one attached hydrogen (secondary N) is 1. The molecule has 264 valence electrons. The lowest BCUT2D eigenvalue weighted by molar-refractivity contribution is -0.137. The van der Waals surface area contributed by atoms with E-state index >= 15 is 0 Å². The van der Waals surface area contributed by atoms with Gasteiger partial charge in [0.1, 0.15) is 18.0 Å². The number of hydrogen-bond donors (Lipinski definition) is 3. The van der Waals surface area contributed by atoms with Crippen LogP contribution in [-0.2, 0) is 24.5 Å². The molecule has 2 unspecified atom stereocenters. The Balaban J connectivity index is 1.77. The van der Waals surface area contributed by atoms with Crippen LogP contribution in [0.5, 0.6) is 17.2 Å². The Morgan fingerprint density at radius 3 is 2.31 bits per heavy atom. The molecule has 4 rings (SSSR count). The summed E-state index contributed by atoms with van der Waals surface area (Å²) in [6.45, 7) is 7.47. The van der Waals surface area contributed by atoms with Crippen LogP contribution in [0.3, 0.4) is 0 Å². The van der Waals surface area contributed by atoms with Crippen molar-refractivity contribution < 1.29 is 43.5 Å². The normalized spacial score (nSPS) is 16.4. The molecule has 1 aliphatic heterocycles. The summed E-state index contributed by atoms with van der Waals surface area (Å²) in [7, 11) is 4.51. The maximum atomic E-state index is 14.4. The molecular weight excluding hydrogens is 652 g/mol. The number of nitrogens with zero attached hydrogens (tertiary/aromatic N) is 1. The number of aliphatic hydroxyl groups is 1. The van der Waals surface area contributed by atoms with Gasteiger partial charge in [-0.25, -0.2) is 0 Å². The van der Waals surface area contributed by atoms with Crippen LogP contribution in [0, 0.1) is 5.41 Å². The van der Waals surface area contributed by atoms with Crippen LogP contribution in [0.1, 0.15) is 69.8 Å². The van der Waals surface area contributed by atoms with Gasteiger partial charge in [-0.2, -0.15) is 0 Å². The molecule has 0 aromatic heterocycles. The van der Waals surface area contributed by atoms with E-state index in [4.69, 9.17) is 30.5 Å². The van der Waals surface area contributed by atoms with Gasteiger partial charge in [0.25, 0.3) is 5.91 Å². The van der Waals surface area contributed by atoms with Crippen molar-refractivity contribution in [2.24, 2.45) is 5.41 Å². The summed E-state index contributed by atoms with van der Waals surface area (Å²) in [4.78, 5) is 41.1. The number of carboxylic acid groups (broad SMARTS) is 1. The summed E-state index contributed by atoms with van der Waals surface area (Å²) in [5, 5.41) is 22.7. The van der Waals surface area contributed by atoms with Gasteiger partial charge < -0.3 is 39.4 Å². The van der Waals surface area contributed by atoms with E-state index in [9.17, 15) is 24.6 Å². The number of aliphatic hydroxyl groups excluding tert-OH is 1. The minimum atomic E-state index is -1.28. The van der Waals surface area contributed by atoms with Crippen LogP contribution in [0.15, 0.2) is 54.6 Å². The van der Waals surface area contributed by atoms with Crippen molar-refractivity contribution in [3.63, 3.8) is 0 Å². The monoisotopic (exact) mass is 696 g/mol. The topological polar surface area (TPSA) is 144 Å². The number of hydrogen-bond acceptors (Lipinski definition) is 8. The van der Waals surface area contributed by atoms with E-state index in [1.807, 2.05) is 33.8 Å². The average molecular weight is 697 g/mol. The smallest absolute Gasteiger partial charge is 0.303 e. The highest BCUT2D eigenvalue weighted by Gasteiger charge is 2.41. The molecule has 2 amide bonds. The van der Waals surface area contributed by atoms with E-state index in [1.165, 1.54) is 21.3 Å². The van der Waals surface area contributed by atoms with E-state index in [0.717, 1.165) is 5.56 Å². The molecule has 3 aromatic carbocycles. The number of amides is 2. The first kappa shape index (κ1) is 37.5. The third kappa shape index (κ3) is 8.65. The molecule has 0 saturated carbocycles. The molecule has 0 aliphatic carbocycles. The van der Waals surface area contributed by atoms with Crippen molar-refractivity contribution in [2.45, 2.75) is 64.6 Å². The molecule has 3 N–H and O–H groups in total. The first-order valence-electron chi connectivity index (χ1n) is 15.9. The first-order valence-corrected chi connectivity index (χ1v) is 16.3. The molecule has 12 heteroatoms. The molecule has 2 atom stereocenters. The van der Waals surface area contributed by atoms with Gasteiger partial charge in [0.15, 0.2) is 11.5 Å². The molecule has 49 heavy (non-hydrogen) atoms. The first-order chi connectivity index (χ1) is 23.1. The quantitative estimate of drug-likeness (QED) is 0.175. The highest BCUT2D eigenvalue weighted by Crippen LogP contribution is 2.46. The number of methoxy groups -OCH3 is 3. The zero-order chi connectivity index (χ0) is 36.1. The lowest BCUT2D eigenvalue weighted by Crippen LogP contribution is -2.46. The Bertz CT molecular complexity index is 1690. The van der Waals surface area contributed by atoms with E-state index < -0.39 is 40.8 Å². The standard InChI is InChI=1S/C37H45ClN2O9/c1-36(2,21-41)20-40-27-13-12-23(38)18-25(27)33(24-9-8-10-29(47-6)34(24)48-7)49-30(35(40)45)19-31(42)39-26-17-22(11-14-28(26)46-5)37(3,4)16-15-32(43)44/h8-14,17-18,30,33,41H,15-16,19-21H2,1-7H3,(H,39,42)(H,43,44). The number of para-hydroxylation sites is 1. The summed E-state index contributed by atoms with van der Waals surface area (Å²) >= 11 is 6.52. The molecule has 3 aromatic rings. The summed E-state index contributed by atoms with van der Waals surface area (Å²) in [5.74, 6) is -0.638. The minimum Gasteiger partial charge on any atom is -0.495 e. The van der Waals surface area contributed by atoms with Gasteiger partial charge in [-0.15, -0.1) is 0 Å². The number of halogens is 1. The van der Waals surface area contributed by atoms with E-state index in [-0.39, 0.29) is 26.0 Å². The molecule has 11 nitrogen and oxygen atoms in total. The summed E-state index contributed by atoms with van der Waals surface area (Å²) < 4.78 is 23.4. The SMILES string of the molecule is COc1ccc(C(C)(C)CCC(=O)O)cc1NC(=O)CC1OC(c2cccc(OC)c2OC)c2cc(Cl)ccc2N(CC(C)(C)CO)C1=O. The molecule has 0 fully saturated rings. The van der Waals surface area contributed by atoms with Crippen LogP contribution in [0.2, 0.25) is 5.02 Å². The van der Waals surface area contributed by atoms with Gasteiger partial charge in [0.2, 0.25) is 5.91 Å². The maximum absolute atomic E-state index is 14.4. The maximum Gasteiger partial charge on any atom is 0.303 e. The number of ether oxygens (including phenoxy) is 4. The van der Waals surface area contributed by atoms with E-state index in [2.05, 4.69) is 5.32 Å². The van der Waals surface area contributed by atoms with E-state index in [0.29, 0.717) is 51.2 Å². The fourth-order valence-corrected chi connectivity index (χ4v) is 6.05. The molecule has 1 aliphatic rings. The number of anilines is 2. The van der Waals surface area contributed by atoms with Crippen molar-refractivity contribution in [1.29, 1.82) is 0 Å². The van der Waals surface area contributed by atoms with Gasteiger partial charge in [-0.05, 0) is 53.8 Å². The fraction of sp³-hybridized carbons (Fsp3) is 0.432. The molecule has 0 bridgehead atoms. The number of carboxylic acids is 1. The molecule has 1 heterocycles. The van der Waals surface area contributed by atoms with Crippen LogP contribution in [-0.4, -0.2) is 68.6 Å². The second kappa shape index (κ2) is 15.5. The van der Waals surface area contributed by atoms with Gasteiger partial charge in [0.05, 0.1) is 33.4 Å². The van der Waals surface area contributed by atoms with Crippen molar-refractivity contribution in [3.05, 3.63) is 76.3 Å². The van der Waals surface area contributed by atoms with Crippen molar-refractivity contribution in [2.75, 3.05) is 44.7 Å². The summed E-state index contributed by atoms with van der Waals surface area (Å²) in [6.07, 6.45) is -2.18. The summed E-state index contributed by atoms with van der Waals surface area (Å²) in [5.41, 5.74) is 1.61. The lowest BCUT2D eigenvalue weighted by Gasteiger charge is -2.32. The van der Waals surface area contributed by atoms with Crippen molar-refractivity contribution in [1.82, 2.24) is 0 Å². The number of aliphatic carboxylic acids is 1. The number of benzene rings is 3. The molecule has 0 radical (unpaired) electrons. The average Bonchev–Trinajstić information content (AvgIpc) is 3.17. The fourth-order valence-electron chi connectivity index (χ4n) is 5.87. The number of fused-ring (bicyclic) bond motifs is 1. The Morgan fingerprint density at radius 1 is 0.959 bits per heavy atom. The van der Waals surface area contributed by atoms with Crippen LogP contribution in [0.4, 0.5) is 11.4 Å². The molecule has 0 spiro atoms. The third-order valence-electron chi connectivity index (χ3n) is 8.72. The zero-order valence-electron chi connectivity index (χ0n) is 29.0. The summed E-state index contributed by atoms with van der Waals surface area (Å²) in [6, 6.07) is 15.8. The number of carbonyl (C=O) groups is 3. The lowest BCUT2D eigenvalue weighted by atomic mass is 9.80. The van der Waals surface area contributed by atoms with E-state index in [1.54, 1.807) is 53.4 Å². The highest BCUT2D eigenvalue weighted by atomic mass is 35.5. The Hall–Kier alpha value is -4.32. The Kier molecular flexibility index (Phi) is 11.9. The van der Waals surface area contributed by atoms with Crippen molar-refractivity contribution >= 4 is 40.8 Å². The number of carbonyl (C=O) groups excluding carboxylic acids is 2. The van der Waals surface area contributed by atoms with Gasteiger partial charge in [0, 0.05) is 46.8 Å². The molecular formula is C37H45ClN2O9. The predicted molar refractivity (Wildman–Crippen MR) is 187 cm³/mol. The van der Waals surface area contributed by atoms with Crippen molar-refractivity contribution in [3.8, 4) is 17.2 Å². The van der Waals surface area contributed by atoms with Crippen LogP contribution < -0.4 is 24.4 Å². The largest absolute Gasteiger partial charge is 0.495 e.